The average molecular weight is 390 g/mol. The Morgan fingerprint density at radius 3 is 2.33 bits per heavy atom. The normalized spacial score (nSPS) is 21.9. The third-order valence-corrected chi connectivity index (χ3v) is 5.88. The van der Waals surface area contributed by atoms with E-state index in [1.54, 1.807) is 5.06 Å². The van der Waals surface area contributed by atoms with E-state index in [1.165, 1.54) is 12.7 Å². The zero-order valence-corrected chi connectivity index (χ0v) is 16.9. The van der Waals surface area contributed by atoms with Gasteiger partial charge in [0.25, 0.3) is 0 Å². The monoisotopic (exact) mass is 389 g/mol. The highest BCUT2D eigenvalue weighted by Crippen LogP contribution is 2.26. The van der Waals surface area contributed by atoms with Crippen molar-refractivity contribution in [2.45, 2.75) is 37.6 Å². The number of piperidine rings is 1. The summed E-state index contributed by atoms with van der Waals surface area (Å²) < 4.78 is 18.4. The molecule has 146 valence electrons. The average Bonchev–Trinajstić information content (AvgIpc) is 2.69. The summed E-state index contributed by atoms with van der Waals surface area (Å²) in [5.41, 5.74) is 3.46. The summed E-state index contributed by atoms with van der Waals surface area (Å²) in [5, 5.41) is 1.78. The van der Waals surface area contributed by atoms with Gasteiger partial charge in [-0.15, -0.1) is 0 Å². The maximum Gasteiger partial charge on any atom is 0.206 e. The molecule has 0 aromatic heterocycles. The lowest BCUT2D eigenvalue weighted by molar-refractivity contribution is -0.292. The number of rotatable bonds is 7. The van der Waals surface area contributed by atoms with Crippen molar-refractivity contribution >= 4 is 11.1 Å². The molecule has 1 heterocycles. The van der Waals surface area contributed by atoms with Gasteiger partial charge >= 0.3 is 0 Å². The molecule has 1 aliphatic heterocycles. The smallest absolute Gasteiger partial charge is 0.206 e. The summed E-state index contributed by atoms with van der Waals surface area (Å²) in [5.74, 6) is 0.581. The third-order valence-electron chi connectivity index (χ3n) is 4.90. The standard InChI is InChI=1S/C21H27NO4S/c1-16-4-6-18(7-5-16)19-8-10-21(11-9-19)27(23)26-22-13-12-17(2)14-20(22)15-25-24-3/h4-11,17,20H,12-15H2,1-3H3/t17-,20?,27?/m0/s1. The van der Waals surface area contributed by atoms with E-state index in [1.807, 2.05) is 24.3 Å². The zero-order valence-electron chi connectivity index (χ0n) is 16.1. The van der Waals surface area contributed by atoms with Crippen LogP contribution in [0.3, 0.4) is 0 Å². The second kappa shape index (κ2) is 9.57. The van der Waals surface area contributed by atoms with Crippen molar-refractivity contribution < 1.29 is 18.3 Å². The van der Waals surface area contributed by atoms with Gasteiger partial charge in [0.2, 0.25) is 11.1 Å². The van der Waals surface area contributed by atoms with E-state index < -0.39 is 11.1 Å². The summed E-state index contributed by atoms with van der Waals surface area (Å²) in [7, 11) is 1.49. The van der Waals surface area contributed by atoms with Gasteiger partial charge in [-0.3, -0.25) is 0 Å². The number of aryl methyl sites for hydroxylation is 1. The van der Waals surface area contributed by atoms with Crippen LogP contribution < -0.4 is 0 Å². The van der Waals surface area contributed by atoms with E-state index in [9.17, 15) is 4.21 Å². The lowest BCUT2D eigenvalue weighted by Gasteiger charge is -2.35. The second-order valence-electron chi connectivity index (χ2n) is 7.07. The first kappa shape index (κ1) is 20.2. The van der Waals surface area contributed by atoms with Crippen molar-refractivity contribution in [2.24, 2.45) is 5.92 Å². The zero-order chi connectivity index (χ0) is 19.2. The Kier molecular flexibility index (Phi) is 7.15. The van der Waals surface area contributed by atoms with E-state index in [-0.39, 0.29) is 6.04 Å². The van der Waals surface area contributed by atoms with Crippen molar-refractivity contribution in [3.8, 4) is 11.1 Å². The van der Waals surface area contributed by atoms with Crippen molar-refractivity contribution in [1.29, 1.82) is 0 Å². The molecule has 0 radical (unpaired) electrons. The molecule has 2 aromatic carbocycles. The van der Waals surface area contributed by atoms with Gasteiger partial charge < -0.3 is 0 Å². The largest absolute Gasteiger partial charge is 0.240 e. The van der Waals surface area contributed by atoms with Gasteiger partial charge in [0, 0.05) is 6.54 Å². The number of hydrogen-bond donors (Lipinski definition) is 0. The topological polar surface area (TPSA) is 48.0 Å². The van der Waals surface area contributed by atoms with Crippen LogP contribution >= 0.6 is 0 Å². The van der Waals surface area contributed by atoms with Crippen LogP contribution in [-0.4, -0.2) is 35.6 Å². The molecule has 27 heavy (non-hydrogen) atoms. The highest BCUT2D eigenvalue weighted by atomic mass is 32.2. The molecule has 1 aliphatic rings. The van der Waals surface area contributed by atoms with Gasteiger partial charge in [-0.25, -0.2) is 14.0 Å². The molecule has 0 aliphatic carbocycles. The van der Waals surface area contributed by atoms with E-state index in [0.29, 0.717) is 17.4 Å². The lowest BCUT2D eigenvalue weighted by atomic mass is 9.94. The molecule has 0 saturated carbocycles. The fourth-order valence-corrected chi connectivity index (χ4v) is 4.07. The Balaban J connectivity index is 1.65. The molecule has 0 spiro atoms. The highest BCUT2D eigenvalue weighted by molar-refractivity contribution is 7.80. The second-order valence-corrected chi connectivity index (χ2v) is 8.16. The van der Waals surface area contributed by atoms with Crippen LogP contribution in [-0.2, 0) is 25.1 Å². The number of hydrogen-bond acceptors (Lipinski definition) is 5. The fraction of sp³-hybridized carbons (Fsp3) is 0.429. The van der Waals surface area contributed by atoms with Crippen molar-refractivity contribution in [2.75, 3.05) is 20.3 Å². The van der Waals surface area contributed by atoms with Crippen LogP contribution in [0.5, 0.6) is 0 Å². The van der Waals surface area contributed by atoms with Gasteiger partial charge in [0.15, 0.2) is 0 Å². The molecule has 2 aromatic rings. The van der Waals surface area contributed by atoms with Gasteiger partial charge in [0.1, 0.15) is 6.61 Å². The number of benzene rings is 2. The van der Waals surface area contributed by atoms with Gasteiger partial charge in [-0.2, -0.15) is 9.35 Å². The Morgan fingerprint density at radius 2 is 1.70 bits per heavy atom. The van der Waals surface area contributed by atoms with E-state index in [4.69, 9.17) is 14.1 Å². The van der Waals surface area contributed by atoms with Crippen molar-refractivity contribution in [1.82, 2.24) is 5.06 Å². The highest BCUT2D eigenvalue weighted by Gasteiger charge is 2.29. The van der Waals surface area contributed by atoms with Crippen LogP contribution in [0.15, 0.2) is 53.4 Å². The van der Waals surface area contributed by atoms with Crippen LogP contribution in [0.2, 0.25) is 0 Å². The molecule has 1 saturated heterocycles. The molecule has 6 heteroatoms. The molecule has 0 N–H and O–H groups in total. The molecule has 0 amide bonds. The number of nitrogens with zero attached hydrogens (tertiary/aromatic N) is 1. The van der Waals surface area contributed by atoms with Crippen molar-refractivity contribution in [3.05, 3.63) is 54.1 Å². The first-order valence-corrected chi connectivity index (χ1v) is 10.3. The SMILES string of the molecule is COOCC1C[C@@H](C)CCN1OS(=O)c1ccc(-c2ccc(C)cc2)cc1. The van der Waals surface area contributed by atoms with Gasteiger partial charge in [0.05, 0.1) is 18.0 Å². The first-order valence-electron chi connectivity index (χ1n) is 9.26. The van der Waals surface area contributed by atoms with Crippen LogP contribution in [0, 0.1) is 12.8 Å². The van der Waals surface area contributed by atoms with Gasteiger partial charge in [-0.1, -0.05) is 48.9 Å². The molecule has 0 bridgehead atoms. The molecule has 3 rings (SSSR count). The summed E-state index contributed by atoms with van der Waals surface area (Å²) in [6.07, 6.45) is 1.93. The third kappa shape index (κ3) is 5.46. The quantitative estimate of drug-likeness (QED) is 0.522. The van der Waals surface area contributed by atoms with E-state index in [2.05, 4.69) is 38.1 Å². The molecular formula is C21H27NO4S. The van der Waals surface area contributed by atoms with E-state index in [0.717, 1.165) is 30.5 Å². The summed E-state index contributed by atoms with van der Waals surface area (Å²) in [6.45, 7) is 5.40. The summed E-state index contributed by atoms with van der Waals surface area (Å²) in [4.78, 5) is 10.5. The predicted molar refractivity (Wildman–Crippen MR) is 106 cm³/mol. The number of hydroxylamine groups is 2. The minimum absolute atomic E-state index is 0.0319. The van der Waals surface area contributed by atoms with Crippen LogP contribution in [0.4, 0.5) is 0 Å². The summed E-state index contributed by atoms with van der Waals surface area (Å²) in [6, 6.07) is 16.1. The van der Waals surface area contributed by atoms with Crippen LogP contribution in [0.25, 0.3) is 11.1 Å². The fourth-order valence-electron chi connectivity index (χ4n) is 3.26. The van der Waals surface area contributed by atoms with Crippen molar-refractivity contribution in [3.63, 3.8) is 0 Å². The minimum Gasteiger partial charge on any atom is -0.240 e. The Bertz CT molecular complexity index is 748. The molecule has 1 fully saturated rings. The maximum atomic E-state index is 12.7. The first-order chi connectivity index (χ1) is 13.1. The minimum atomic E-state index is -1.56. The molecule has 3 atom stereocenters. The van der Waals surface area contributed by atoms with Crippen LogP contribution in [0.1, 0.15) is 25.3 Å². The maximum absolute atomic E-state index is 12.7. The lowest BCUT2D eigenvalue weighted by Crippen LogP contribution is -2.44. The Hall–Kier alpha value is -1.57. The summed E-state index contributed by atoms with van der Waals surface area (Å²) >= 11 is -1.56. The molecule has 2 unspecified atom stereocenters. The predicted octanol–water partition coefficient (Wildman–Crippen LogP) is 4.29. The Labute approximate surface area is 163 Å². The van der Waals surface area contributed by atoms with E-state index >= 15 is 0 Å². The van der Waals surface area contributed by atoms with Gasteiger partial charge in [-0.05, 0) is 48.9 Å². The molecular weight excluding hydrogens is 362 g/mol. The Morgan fingerprint density at radius 1 is 1.07 bits per heavy atom. The molecule has 5 nitrogen and oxygen atoms in total.